The minimum Gasteiger partial charge on any atom is -0.469 e. The maximum absolute atomic E-state index is 11.8. The predicted octanol–water partition coefficient (Wildman–Crippen LogP) is 2.83. The topological polar surface area (TPSA) is 55.4 Å². The molecule has 0 saturated heterocycles. The van der Waals surface area contributed by atoms with Crippen LogP contribution < -0.4 is 5.32 Å². The number of rotatable bonds is 7. The quantitative estimate of drug-likeness (QED) is 0.618. The third-order valence-electron chi connectivity index (χ3n) is 2.96. The number of carbonyl (C=O) groups is 2. The lowest BCUT2D eigenvalue weighted by Gasteiger charge is -2.03. The third kappa shape index (κ3) is 5.42. The molecule has 1 heterocycles. The van der Waals surface area contributed by atoms with Crippen LogP contribution in [0.1, 0.15) is 45.8 Å². The molecule has 0 atom stereocenters. The first-order chi connectivity index (χ1) is 9.04. The Labute approximate surface area is 118 Å². The van der Waals surface area contributed by atoms with E-state index >= 15 is 0 Å². The molecule has 0 spiro atoms. The molecule has 4 nitrogen and oxygen atoms in total. The molecule has 106 valence electrons. The lowest BCUT2D eigenvalue weighted by molar-refractivity contribution is -0.140. The monoisotopic (exact) mass is 283 g/mol. The predicted molar refractivity (Wildman–Crippen MR) is 76.6 cm³/mol. The first-order valence-corrected chi connectivity index (χ1v) is 7.28. The Hall–Kier alpha value is -1.36. The van der Waals surface area contributed by atoms with E-state index in [1.54, 1.807) is 0 Å². The highest BCUT2D eigenvalue weighted by atomic mass is 32.1. The molecule has 0 unspecified atom stereocenters. The normalized spacial score (nSPS) is 10.3. The van der Waals surface area contributed by atoms with Crippen molar-refractivity contribution >= 4 is 23.2 Å². The molecule has 0 bridgehead atoms. The van der Waals surface area contributed by atoms with Crippen LogP contribution in [0.2, 0.25) is 0 Å². The number of thiophene rings is 1. The molecule has 19 heavy (non-hydrogen) atoms. The van der Waals surface area contributed by atoms with E-state index < -0.39 is 0 Å². The van der Waals surface area contributed by atoms with Crippen molar-refractivity contribution in [2.75, 3.05) is 13.7 Å². The van der Waals surface area contributed by atoms with Crippen molar-refractivity contribution in [2.45, 2.75) is 39.5 Å². The number of hydrogen-bond acceptors (Lipinski definition) is 4. The highest BCUT2D eigenvalue weighted by Gasteiger charge is 2.09. The molecule has 5 heteroatoms. The van der Waals surface area contributed by atoms with Crippen LogP contribution in [0.4, 0.5) is 0 Å². The second-order valence-corrected chi connectivity index (χ2v) is 5.75. The summed E-state index contributed by atoms with van der Waals surface area (Å²) < 4.78 is 4.56. The maximum atomic E-state index is 11.8. The summed E-state index contributed by atoms with van der Waals surface area (Å²) in [4.78, 5) is 24.7. The molecule has 0 radical (unpaired) electrons. The van der Waals surface area contributed by atoms with E-state index in [2.05, 4.69) is 10.1 Å². The zero-order chi connectivity index (χ0) is 14.3. The highest BCUT2D eigenvalue weighted by molar-refractivity contribution is 7.14. The average molecular weight is 283 g/mol. The smallest absolute Gasteiger partial charge is 0.305 e. The Morgan fingerprint density at radius 3 is 2.58 bits per heavy atom. The molecule has 1 aromatic heterocycles. The second kappa shape index (κ2) is 7.94. The first kappa shape index (κ1) is 15.7. The Morgan fingerprint density at radius 1 is 1.26 bits per heavy atom. The zero-order valence-electron chi connectivity index (χ0n) is 11.7. The van der Waals surface area contributed by atoms with Gasteiger partial charge in [-0.1, -0.05) is 6.42 Å². The Morgan fingerprint density at radius 2 is 2.00 bits per heavy atom. The van der Waals surface area contributed by atoms with Gasteiger partial charge in [-0.25, -0.2) is 0 Å². The largest absolute Gasteiger partial charge is 0.469 e. The summed E-state index contributed by atoms with van der Waals surface area (Å²) in [7, 11) is 1.40. The fourth-order valence-corrected chi connectivity index (χ4v) is 2.60. The van der Waals surface area contributed by atoms with Crippen molar-refractivity contribution in [2.24, 2.45) is 0 Å². The van der Waals surface area contributed by atoms with E-state index in [4.69, 9.17) is 0 Å². The summed E-state index contributed by atoms with van der Waals surface area (Å²) in [5, 5.41) is 2.90. The van der Waals surface area contributed by atoms with Gasteiger partial charge >= 0.3 is 5.97 Å². The Kier molecular flexibility index (Phi) is 6.56. The highest BCUT2D eigenvalue weighted by Crippen LogP contribution is 2.20. The molecule has 0 aliphatic carbocycles. The van der Waals surface area contributed by atoms with E-state index in [9.17, 15) is 9.59 Å². The number of unbranched alkanes of at least 4 members (excludes halogenated alkanes) is 2. The fourth-order valence-electron chi connectivity index (χ4n) is 1.65. The summed E-state index contributed by atoms with van der Waals surface area (Å²) in [6.07, 6.45) is 3.05. The standard InChI is InChI=1S/C14H21NO3S/c1-10-9-12(19-11(10)2)14(17)15-8-6-4-5-7-13(16)18-3/h9H,4-8H2,1-3H3,(H,15,17). The molecular formula is C14H21NO3S. The average Bonchev–Trinajstić information content (AvgIpc) is 2.73. The van der Waals surface area contributed by atoms with Crippen LogP contribution in [-0.4, -0.2) is 25.5 Å². The number of methoxy groups -OCH3 is 1. The first-order valence-electron chi connectivity index (χ1n) is 6.46. The van der Waals surface area contributed by atoms with Gasteiger partial charge in [-0.05, 0) is 38.3 Å². The minimum absolute atomic E-state index is 0.00540. The van der Waals surface area contributed by atoms with Gasteiger partial charge in [0.2, 0.25) is 0 Å². The van der Waals surface area contributed by atoms with E-state index in [1.165, 1.54) is 23.3 Å². The molecular weight excluding hydrogens is 262 g/mol. The van der Waals surface area contributed by atoms with Crippen molar-refractivity contribution in [3.05, 3.63) is 21.4 Å². The summed E-state index contributed by atoms with van der Waals surface area (Å²) in [6.45, 7) is 4.68. The Balaban J connectivity index is 2.16. The second-order valence-electron chi connectivity index (χ2n) is 4.49. The van der Waals surface area contributed by atoms with Gasteiger partial charge in [0.25, 0.3) is 5.91 Å². The van der Waals surface area contributed by atoms with Gasteiger partial charge < -0.3 is 10.1 Å². The van der Waals surface area contributed by atoms with Crippen molar-refractivity contribution < 1.29 is 14.3 Å². The van der Waals surface area contributed by atoms with Crippen LogP contribution in [-0.2, 0) is 9.53 Å². The van der Waals surface area contributed by atoms with Gasteiger partial charge in [-0.15, -0.1) is 11.3 Å². The van der Waals surface area contributed by atoms with Crippen LogP contribution in [0.3, 0.4) is 0 Å². The van der Waals surface area contributed by atoms with E-state index in [0.717, 1.165) is 29.7 Å². The third-order valence-corrected chi connectivity index (χ3v) is 4.11. The summed E-state index contributed by atoms with van der Waals surface area (Å²) in [5.74, 6) is -0.178. The summed E-state index contributed by atoms with van der Waals surface area (Å²) in [6, 6.07) is 1.92. The molecule has 1 N–H and O–H groups in total. The number of amides is 1. The van der Waals surface area contributed by atoms with Gasteiger partial charge in [-0.3, -0.25) is 9.59 Å². The molecule has 0 aliphatic rings. The van der Waals surface area contributed by atoms with Crippen LogP contribution in [0.5, 0.6) is 0 Å². The van der Waals surface area contributed by atoms with Crippen LogP contribution in [0.25, 0.3) is 0 Å². The molecule has 1 aromatic rings. The Bertz CT molecular complexity index is 420. The SMILES string of the molecule is COC(=O)CCCCCNC(=O)c1cc(C)c(C)s1. The van der Waals surface area contributed by atoms with E-state index in [-0.39, 0.29) is 11.9 Å². The molecule has 0 aliphatic heterocycles. The van der Waals surface area contributed by atoms with Gasteiger partial charge in [0.1, 0.15) is 0 Å². The molecule has 0 saturated carbocycles. The molecule has 1 amide bonds. The van der Waals surface area contributed by atoms with Crippen LogP contribution in [0, 0.1) is 13.8 Å². The number of carbonyl (C=O) groups excluding carboxylic acids is 2. The molecule has 0 fully saturated rings. The van der Waals surface area contributed by atoms with Gasteiger partial charge in [0, 0.05) is 17.8 Å². The van der Waals surface area contributed by atoms with Crippen molar-refractivity contribution in [3.8, 4) is 0 Å². The number of ether oxygens (including phenoxy) is 1. The number of esters is 1. The van der Waals surface area contributed by atoms with Crippen LogP contribution in [0.15, 0.2) is 6.07 Å². The van der Waals surface area contributed by atoms with E-state index in [0.29, 0.717) is 13.0 Å². The number of nitrogens with one attached hydrogen (secondary N) is 1. The van der Waals surface area contributed by atoms with Gasteiger partial charge in [0.05, 0.1) is 12.0 Å². The molecule has 1 rings (SSSR count). The van der Waals surface area contributed by atoms with E-state index in [1.807, 2.05) is 19.9 Å². The zero-order valence-corrected chi connectivity index (χ0v) is 12.6. The number of aryl methyl sites for hydroxylation is 2. The van der Waals surface area contributed by atoms with Gasteiger partial charge in [-0.2, -0.15) is 0 Å². The number of hydrogen-bond donors (Lipinski definition) is 1. The van der Waals surface area contributed by atoms with Crippen molar-refractivity contribution in [1.82, 2.24) is 5.32 Å². The molecule has 0 aromatic carbocycles. The van der Waals surface area contributed by atoms with Gasteiger partial charge in [0.15, 0.2) is 0 Å². The lowest BCUT2D eigenvalue weighted by Crippen LogP contribution is -2.23. The minimum atomic E-state index is -0.173. The van der Waals surface area contributed by atoms with Crippen molar-refractivity contribution in [1.29, 1.82) is 0 Å². The lowest BCUT2D eigenvalue weighted by atomic mass is 10.2. The van der Waals surface area contributed by atoms with Crippen LogP contribution >= 0.6 is 11.3 Å². The fraction of sp³-hybridized carbons (Fsp3) is 0.571. The van der Waals surface area contributed by atoms with Crippen molar-refractivity contribution in [3.63, 3.8) is 0 Å². The summed E-state index contributed by atoms with van der Waals surface area (Å²) in [5.41, 5.74) is 1.16. The maximum Gasteiger partial charge on any atom is 0.305 e. The summed E-state index contributed by atoms with van der Waals surface area (Å²) >= 11 is 1.52.